The molecule has 5 nitrogen and oxygen atoms in total. The lowest BCUT2D eigenvalue weighted by molar-refractivity contribution is 0.262. The molecule has 0 aliphatic rings. The Labute approximate surface area is 109 Å². The highest BCUT2D eigenvalue weighted by Crippen LogP contribution is 2.25. The van der Waals surface area contributed by atoms with E-state index in [1.165, 1.54) is 11.3 Å². The van der Waals surface area contributed by atoms with Gasteiger partial charge in [-0.25, -0.2) is 9.78 Å². The highest BCUT2D eigenvalue weighted by Gasteiger charge is 2.08. The normalized spacial score (nSPS) is 10.4. The Morgan fingerprint density at radius 1 is 1.33 bits per heavy atom. The number of thiazole rings is 1. The predicted octanol–water partition coefficient (Wildman–Crippen LogP) is 3.31. The van der Waals surface area contributed by atoms with Gasteiger partial charge in [-0.15, -0.1) is 11.3 Å². The number of anilines is 2. The standard InChI is InChI=1S/C12H14N4OS/c1-8(2)10-7-14-12(18-10)16-11(17)15-9-4-3-5-13-6-9/h3-8H,1-2H3,(H2,14,15,16,17). The summed E-state index contributed by atoms with van der Waals surface area (Å²) >= 11 is 1.48. The molecule has 0 aromatic carbocycles. The van der Waals surface area contributed by atoms with Crippen molar-refractivity contribution in [3.05, 3.63) is 35.6 Å². The molecule has 0 bridgehead atoms. The highest BCUT2D eigenvalue weighted by molar-refractivity contribution is 7.15. The first-order valence-corrected chi connectivity index (χ1v) is 6.40. The summed E-state index contributed by atoms with van der Waals surface area (Å²) < 4.78 is 0. The van der Waals surface area contributed by atoms with Crippen LogP contribution in [0, 0.1) is 0 Å². The molecule has 2 aromatic rings. The monoisotopic (exact) mass is 262 g/mol. The lowest BCUT2D eigenvalue weighted by atomic mass is 10.2. The number of urea groups is 1. The van der Waals surface area contributed by atoms with Crippen molar-refractivity contribution in [1.82, 2.24) is 9.97 Å². The van der Waals surface area contributed by atoms with Crippen molar-refractivity contribution in [2.24, 2.45) is 0 Å². The number of hydrogen-bond donors (Lipinski definition) is 2. The Morgan fingerprint density at radius 2 is 2.17 bits per heavy atom. The molecule has 2 N–H and O–H groups in total. The summed E-state index contributed by atoms with van der Waals surface area (Å²) in [6, 6.07) is 3.22. The molecule has 0 saturated heterocycles. The lowest BCUT2D eigenvalue weighted by Gasteiger charge is -2.04. The maximum atomic E-state index is 11.7. The maximum Gasteiger partial charge on any atom is 0.325 e. The molecule has 94 valence electrons. The smallest absolute Gasteiger partial charge is 0.306 e. The maximum absolute atomic E-state index is 11.7. The van der Waals surface area contributed by atoms with Gasteiger partial charge < -0.3 is 5.32 Å². The zero-order valence-corrected chi connectivity index (χ0v) is 11.0. The summed E-state index contributed by atoms with van der Waals surface area (Å²) in [5.41, 5.74) is 0.649. The third-order valence-corrected chi connectivity index (χ3v) is 3.45. The number of aromatic nitrogens is 2. The Hall–Kier alpha value is -1.95. The van der Waals surface area contributed by atoms with E-state index in [1.54, 1.807) is 30.7 Å². The van der Waals surface area contributed by atoms with E-state index < -0.39 is 0 Å². The topological polar surface area (TPSA) is 66.9 Å². The minimum atomic E-state index is -0.312. The van der Waals surface area contributed by atoms with Crippen LogP contribution in [0.3, 0.4) is 0 Å². The second kappa shape index (κ2) is 5.59. The highest BCUT2D eigenvalue weighted by atomic mass is 32.1. The number of rotatable bonds is 3. The number of carbonyl (C=O) groups excluding carboxylic acids is 1. The summed E-state index contributed by atoms with van der Waals surface area (Å²) in [5, 5.41) is 5.98. The summed E-state index contributed by atoms with van der Waals surface area (Å²) in [4.78, 5) is 20.9. The van der Waals surface area contributed by atoms with Crippen LogP contribution in [0.4, 0.5) is 15.6 Å². The molecule has 0 aliphatic heterocycles. The van der Waals surface area contributed by atoms with Gasteiger partial charge in [0.05, 0.1) is 11.9 Å². The summed E-state index contributed by atoms with van der Waals surface area (Å²) in [6.45, 7) is 4.18. The number of nitrogens with one attached hydrogen (secondary N) is 2. The molecule has 0 atom stereocenters. The molecule has 0 unspecified atom stereocenters. The van der Waals surface area contributed by atoms with Gasteiger partial charge in [0, 0.05) is 17.3 Å². The third kappa shape index (κ3) is 3.27. The van der Waals surface area contributed by atoms with Gasteiger partial charge in [0.1, 0.15) is 0 Å². The number of nitrogens with zero attached hydrogens (tertiary/aromatic N) is 2. The zero-order chi connectivity index (χ0) is 13.0. The molecule has 0 fully saturated rings. The van der Waals surface area contributed by atoms with Crippen LogP contribution >= 0.6 is 11.3 Å². The molecule has 2 aromatic heterocycles. The first kappa shape index (κ1) is 12.5. The molecule has 0 aliphatic carbocycles. The van der Waals surface area contributed by atoms with Gasteiger partial charge in [-0.05, 0) is 18.1 Å². The third-order valence-electron chi connectivity index (χ3n) is 2.23. The van der Waals surface area contributed by atoms with Crippen LogP contribution in [-0.2, 0) is 0 Å². The van der Waals surface area contributed by atoms with E-state index >= 15 is 0 Å². The number of amides is 2. The number of pyridine rings is 1. The van der Waals surface area contributed by atoms with Crippen molar-refractivity contribution in [3.63, 3.8) is 0 Å². The quantitative estimate of drug-likeness (QED) is 0.891. The van der Waals surface area contributed by atoms with E-state index in [0.717, 1.165) is 4.88 Å². The molecule has 0 saturated carbocycles. The fourth-order valence-corrected chi connectivity index (χ4v) is 2.12. The fraction of sp³-hybridized carbons (Fsp3) is 0.250. The van der Waals surface area contributed by atoms with Gasteiger partial charge >= 0.3 is 6.03 Å². The van der Waals surface area contributed by atoms with Crippen LogP contribution in [-0.4, -0.2) is 16.0 Å². The van der Waals surface area contributed by atoms with E-state index in [2.05, 4.69) is 34.4 Å². The van der Waals surface area contributed by atoms with Gasteiger partial charge in [0.25, 0.3) is 0 Å². The predicted molar refractivity (Wildman–Crippen MR) is 73.1 cm³/mol. The van der Waals surface area contributed by atoms with Crippen molar-refractivity contribution in [2.45, 2.75) is 19.8 Å². The number of carbonyl (C=O) groups is 1. The lowest BCUT2D eigenvalue weighted by Crippen LogP contribution is -2.19. The fourth-order valence-electron chi connectivity index (χ4n) is 1.31. The molecular weight excluding hydrogens is 248 g/mol. The average molecular weight is 262 g/mol. The average Bonchev–Trinajstić information content (AvgIpc) is 2.78. The summed E-state index contributed by atoms with van der Waals surface area (Å²) in [5.74, 6) is 0.416. The summed E-state index contributed by atoms with van der Waals surface area (Å²) in [7, 11) is 0. The molecule has 0 spiro atoms. The van der Waals surface area contributed by atoms with Crippen molar-refractivity contribution >= 4 is 28.2 Å². The van der Waals surface area contributed by atoms with Gasteiger partial charge in [0.15, 0.2) is 5.13 Å². The number of hydrogen-bond acceptors (Lipinski definition) is 4. The van der Waals surface area contributed by atoms with Gasteiger partial charge in [-0.2, -0.15) is 0 Å². The molecular formula is C12H14N4OS. The second-order valence-corrected chi connectivity index (χ2v) is 5.11. The second-order valence-electron chi connectivity index (χ2n) is 4.04. The van der Waals surface area contributed by atoms with Gasteiger partial charge in [0.2, 0.25) is 0 Å². The Morgan fingerprint density at radius 3 is 2.78 bits per heavy atom. The molecule has 2 rings (SSSR count). The Balaban J connectivity index is 1.95. The van der Waals surface area contributed by atoms with Crippen molar-refractivity contribution in [3.8, 4) is 0 Å². The first-order valence-electron chi connectivity index (χ1n) is 5.59. The van der Waals surface area contributed by atoms with Crippen LogP contribution in [0.2, 0.25) is 0 Å². The van der Waals surface area contributed by atoms with E-state index in [4.69, 9.17) is 0 Å². The van der Waals surface area contributed by atoms with E-state index in [-0.39, 0.29) is 6.03 Å². The van der Waals surface area contributed by atoms with Crippen LogP contribution in [0.15, 0.2) is 30.7 Å². The van der Waals surface area contributed by atoms with Crippen molar-refractivity contribution in [2.75, 3.05) is 10.6 Å². The van der Waals surface area contributed by atoms with Crippen LogP contribution in [0.1, 0.15) is 24.6 Å². The van der Waals surface area contributed by atoms with Crippen molar-refractivity contribution in [1.29, 1.82) is 0 Å². The van der Waals surface area contributed by atoms with Gasteiger partial charge in [-0.1, -0.05) is 13.8 Å². The van der Waals surface area contributed by atoms with Gasteiger partial charge in [-0.3, -0.25) is 10.3 Å². The largest absolute Gasteiger partial charge is 0.325 e. The van der Waals surface area contributed by atoms with Crippen LogP contribution in [0.5, 0.6) is 0 Å². The van der Waals surface area contributed by atoms with Crippen molar-refractivity contribution < 1.29 is 4.79 Å². The van der Waals surface area contributed by atoms with Crippen LogP contribution in [0.25, 0.3) is 0 Å². The zero-order valence-electron chi connectivity index (χ0n) is 10.2. The molecule has 2 heterocycles. The molecule has 6 heteroatoms. The van der Waals surface area contributed by atoms with E-state index in [0.29, 0.717) is 16.7 Å². The SMILES string of the molecule is CC(C)c1cnc(NC(=O)Nc2cccnc2)s1. The Bertz CT molecular complexity index is 524. The first-order chi connectivity index (χ1) is 8.65. The summed E-state index contributed by atoms with van der Waals surface area (Å²) in [6.07, 6.45) is 5.02. The molecule has 18 heavy (non-hydrogen) atoms. The van der Waals surface area contributed by atoms with E-state index in [1.807, 2.05) is 0 Å². The van der Waals surface area contributed by atoms with E-state index in [9.17, 15) is 4.79 Å². The minimum absolute atomic E-state index is 0.312. The van der Waals surface area contributed by atoms with Crippen LogP contribution < -0.4 is 10.6 Å². The Kier molecular flexibility index (Phi) is 3.88. The molecule has 0 radical (unpaired) electrons. The minimum Gasteiger partial charge on any atom is -0.306 e. The molecule has 2 amide bonds.